The van der Waals surface area contributed by atoms with Crippen LogP contribution in [0.3, 0.4) is 0 Å². The van der Waals surface area contributed by atoms with E-state index in [-0.39, 0.29) is 23.2 Å². The van der Waals surface area contributed by atoms with E-state index in [1.165, 1.54) is 6.07 Å². The summed E-state index contributed by atoms with van der Waals surface area (Å²) in [6.07, 6.45) is 3.19. The van der Waals surface area contributed by atoms with Gasteiger partial charge in [-0.05, 0) is 43.5 Å². The molecular formula is C20H18FN3O2. The Kier molecular flexibility index (Phi) is 4.48. The number of hydrogen-bond donors (Lipinski definition) is 0. The number of hydrogen-bond acceptors (Lipinski definition) is 4. The number of amides is 1. The van der Waals surface area contributed by atoms with Crippen molar-refractivity contribution in [1.29, 1.82) is 0 Å². The Bertz CT molecular complexity index is 932. The van der Waals surface area contributed by atoms with E-state index in [1.807, 2.05) is 17.0 Å². The van der Waals surface area contributed by atoms with Gasteiger partial charge in [-0.3, -0.25) is 4.79 Å². The van der Waals surface area contributed by atoms with Crippen molar-refractivity contribution in [2.45, 2.75) is 19.3 Å². The minimum absolute atomic E-state index is 0.0362. The fourth-order valence-electron chi connectivity index (χ4n) is 3.21. The molecule has 0 unspecified atom stereocenters. The number of aromatic nitrogens is 2. The molecule has 2 heterocycles. The number of likely N-dealkylation sites (tertiary alicyclic amines) is 1. The van der Waals surface area contributed by atoms with Crippen molar-refractivity contribution in [2.75, 3.05) is 13.1 Å². The maximum Gasteiger partial charge on any atom is 0.259 e. The maximum atomic E-state index is 14.0. The van der Waals surface area contributed by atoms with Gasteiger partial charge in [0.05, 0.1) is 16.7 Å². The van der Waals surface area contributed by atoms with E-state index < -0.39 is 5.82 Å². The summed E-state index contributed by atoms with van der Waals surface area (Å²) in [6, 6.07) is 13.4. The third kappa shape index (κ3) is 3.10. The molecule has 5 nitrogen and oxygen atoms in total. The van der Waals surface area contributed by atoms with E-state index in [4.69, 9.17) is 4.52 Å². The molecule has 26 heavy (non-hydrogen) atoms. The van der Waals surface area contributed by atoms with E-state index >= 15 is 0 Å². The van der Waals surface area contributed by atoms with Crippen LogP contribution in [0.25, 0.3) is 22.8 Å². The topological polar surface area (TPSA) is 59.2 Å². The Morgan fingerprint density at radius 3 is 2.42 bits per heavy atom. The van der Waals surface area contributed by atoms with Gasteiger partial charge in [0.15, 0.2) is 0 Å². The highest BCUT2D eigenvalue weighted by Crippen LogP contribution is 2.27. The number of carbonyl (C=O) groups is 1. The van der Waals surface area contributed by atoms with Gasteiger partial charge in [-0.15, -0.1) is 0 Å². The van der Waals surface area contributed by atoms with Crippen molar-refractivity contribution in [1.82, 2.24) is 15.0 Å². The van der Waals surface area contributed by atoms with Crippen LogP contribution >= 0.6 is 0 Å². The van der Waals surface area contributed by atoms with E-state index in [1.54, 1.807) is 30.3 Å². The Morgan fingerprint density at radius 1 is 0.962 bits per heavy atom. The van der Waals surface area contributed by atoms with Crippen molar-refractivity contribution in [3.63, 3.8) is 0 Å². The molecule has 1 aliphatic rings. The van der Waals surface area contributed by atoms with Gasteiger partial charge in [-0.1, -0.05) is 29.4 Å². The molecular weight excluding hydrogens is 333 g/mol. The summed E-state index contributed by atoms with van der Waals surface area (Å²) in [6.45, 7) is 1.52. The predicted molar refractivity (Wildman–Crippen MR) is 94.9 cm³/mol. The number of halogens is 1. The van der Waals surface area contributed by atoms with E-state index in [9.17, 15) is 9.18 Å². The highest BCUT2D eigenvalue weighted by molar-refractivity contribution is 6.00. The van der Waals surface area contributed by atoms with Crippen molar-refractivity contribution in [3.05, 3.63) is 59.9 Å². The molecule has 1 amide bonds. The van der Waals surface area contributed by atoms with Crippen LogP contribution in [0.2, 0.25) is 0 Å². The van der Waals surface area contributed by atoms with Crippen molar-refractivity contribution >= 4 is 5.91 Å². The molecule has 1 aliphatic heterocycles. The lowest BCUT2D eigenvalue weighted by atomic mass is 10.0. The second kappa shape index (κ2) is 7.07. The first-order chi connectivity index (χ1) is 12.7. The molecule has 3 aromatic rings. The molecule has 1 saturated heterocycles. The van der Waals surface area contributed by atoms with E-state index in [0.29, 0.717) is 11.1 Å². The standard InChI is InChI=1S/C20H18FN3O2/c21-17-11-5-4-10-16(17)18-22-19(26-23-18)14-8-2-3-9-15(14)20(25)24-12-6-1-7-13-24/h2-5,8-11H,1,6-7,12-13H2. The van der Waals surface area contributed by atoms with Gasteiger partial charge in [-0.2, -0.15) is 4.98 Å². The fourth-order valence-corrected chi connectivity index (χ4v) is 3.21. The van der Waals surface area contributed by atoms with Crippen LogP contribution in [0.4, 0.5) is 4.39 Å². The molecule has 0 radical (unpaired) electrons. The SMILES string of the molecule is O=C(c1ccccc1-c1nc(-c2ccccc2F)no1)N1CCCCC1. The first kappa shape index (κ1) is 16.4. The average molecular weight is 351 g/mol. The van der Waals surface area contributed by atoms with Gasteiger partial charge in [0.25, 0.3) is 11.8 Å². The Labute approximate surface area is 150 Å². The maximum absolute atomic E-state index is 14.0. The molecule has 6 heteroatoms. The smallest absolute Gasteiger partial charge is 0.259 e. The first-order valence-corrected chi connectivity index (χ1v) is 8.71. The fraction of sp³-hybridized carbons (Fsp3) is 0.250. The van der Waals surface area contributed by atoms with E-state index in [0.717, 1.165) is 32.4 Å². The van der Waals surface area contributed by atoms with Crippen LogP contribution in [0.1, 0.15) is 29.6 Å². The lowest BCUT2D eigenvalue weighted by Gasteiger charge is -2.27. The zero-order chi connectivity index (χ0) is 17.9. The first-order valence-electron chi connectivity index (χ1n) is 8.71. The van der Waals surface area contributed by atoms with Gasteiger partial charge in [-0.25, -0.2) is 4.39 Å². The highest BCUT2D eigenvalue weighted by Gasteiger charge is 2.23. The normalized spacial score (nSPS) is 14.4. The largest absolute Gasteiger partial charge is 0.339 e. The van der Waals surface area contributed by atoms with Crippen LogP contribution in [0.15, 0.2) is 53.1 Å². The van der Waals surface area contributed by atoms with Gasteiger partial charge in [0, 0.05) is 13.1 Å². The molecule has 0 aliphatic carbocycles. The molecule has 1 fully saturated rings. The average Bonchev–Trinajstić information content (AvgIpc) is 3.18. The molecule has 0 N–H and O–H groups in total. The molecule has 0 atom stereocenters. The highest BCUT2D eigenvalue weighted by atomic mass is 19.1. The summed E-state index contributed by atoms with van der Waals surface area (Å²) in [7, 11) is 0. The monoisotopic (exact) mass is 351 g/mol. The number of nitrogens with zero attached hydrogens (tertiary/aromatic N) is 3. The number of carbonyl (C=O) groups excluding carboxylic acids is 1. The number of benzene rings is 2. The quantitative estimate of drug-likeness (QED) is 0.711. The number of rotatable bonds is 3. The van der Waals surface area contributed by atoms with Gasteiger partial charge >= 0.3 is 0 Å². The summed E-state index contributed by atoms with van der Waals surface area (Å²) in [5.41, 5.74) is 1.36. The van der Waals surface area contributed by atoms with Crippen LogP contribution < -0.4 is 0 Å². The van der Waals surface area contributed by atoms with Crippen molar-refractivity contribution in [2.24, 2.45) is 0 Å². The van der Waals surface area contributed by atoms with E-state index in [2.05, 4.69) is 10.1 Å². The van der Waals surface area contributed by atoms with Crippen LogP contribution in [0, 0.1) is 5.82 Å². The van der Waals surface area contributed by atoms with Crippen LogP contribution in [-0.4, -0.2) is 34.0 Å². The second-order valence-corrected chi connectivity index (χ2v) is 6.30. The lowest BCUT2D eigenvalue weighted by Crippen LogP contribution is -2.35. The molecule has 0 spiro atoms. The van der Waals surface area contributed by atoms with Crippen LogP contribution in [-0.2, 0) is 0 Å². The molecule has 2 aromatic carbocycles. The molecule has 132 valence electrons. The predicted octanol–water partition coefficient (Wildman–Crippen LogP) is 4.17. The van der Waals surface area contributed by atoms with Gasteiger partial charge in [0.2, 0.25) is 5.82 Å². The molecule has 4 rings (SSSR count). The van der Waals surface area contributed by atoms with Gasteiger partial charge < -0.3 is 9.42 Å². The van der Waals surface area contributed by atoms with Crippen molar-refractivity contribution < 1.29 is 13.7 Å². The zero-order valence-electron chi connectivity index (χ0n) is 14.2. The summed E-state index contributed by atoms with van der Waals surface area (Å²) in [5, 5.41) is 3.89. The summed E-state index contributed by atoms with van der Waals surface area (Å²) in [5.74, 6) is -0.0778. The van der Waals surface area contributed by atoms with Crippen molar-refractivity contribution in [3.8, 4) is 22.8 Å². The van der Waals surface area contributed by atoms with Gasteiger partial charge in [0.1, 0.15) is 5.82 Å². The second-order valence-electron chi connectivity index (χ2n) is 6.30. The molecule has 0 bridgehead atoms. The third-order valence-corrected chi connectivity index (χ3v) is 4.57. The Balaban J connectivity index is 1.69. The Morgan fingerprint density at radius 2 is 1.65 bits per heavy atom. The minimum Gasteiger partial charge on any atom is -0.339 e. The molecule has 0 saturated carbocycles. The summed E-state index contributed by atoms with van der Waals surface area (Å²) >= 11 is 0. The summed E-state index contributed by atoms with van der Waals surface area (Å²) in [4.78, 5) is 19.1. The zero-order valence-corrected chi connectivity index (χ0v) is 14.2. The number of piperidine rings is 1. The molecule has 1 aromatic heterocycles. The van der Waals surface area contributed by atoms with Crippen LogP contribution in [0.5, 0.6) is 0 Å². The minimum atomic E-state index is -0.419. The summed E-state index contributed by atoms with van der Waals surface area (Å²) < 4.78 is 19.3. The lowest BCUT2D eigenvalue weighted by molar-refractivity contribution is 0.0725. The third-order valence-electron chi connectivity index (χ3n) is 4.57. The Hall–Kier alpha value is -3.02.